The van der Waals surface area contributed by atoms with Gasteiger partial charge < -0.3 is 14.8 Å². The second kappa shape index (κ2) is 7.82. The first-order valence-electron chi connectivity index (χ1n) is 9.31. The van der Waals surface area contributed by atoms with Crippen molar-refractivity contribution in [1.82, 2.24) is 14.9 Å². The van der Waals surface area contributed by atoms with E-state index in [1.165, 1.54) is 0 Å². The Kier molecular flexibility index (Phi) is 5.08. The molecule has 2 N–H and O–H groups in total. The molecule has 1 aliphatic heterocycles. The molecule has 0 saturated carbocycles. The maximum atomic E-state index is 11.5. The van der Waals surface area contributed by atoms with Crippen LogP contribution in [0.25, 0.3) is 11.3 Å². The molecule has 7 nitrogen and oxygen atoms in total. The molecule has 1 saturated heterocycles. The Bertz CT molecular complexity index is 985. The number of aromatic carboxylic acids is 1. The minimum absolute atomic E-state index is 0.195. The number of carboxylic acids is 1. The van der Waals surface area contributed by atoms with Gasteiger partial charge in [-0.1, -0.05) is 18.2 Å². The molecule has 0 spiro atoms. The lowest BCUT2D eigenvalue weighted by Gasteiger charge is -2.23. The van der Waals surface area contributed by atoms with Gasteiger partial charge in [-0.2, -0.15) is 0 Å². The van der Waals surface area contributed by atoms with Gasteiger partial charge in [-0.05, 0) is 37.6 Å². The van der Waals surface area contributed by atoms with Crippen LogP contribution in [0.1, 0.15) is 40.7 Å². The average molecular weight is 378 g/mol. The molecule has 3 aromatic rings. The predicted octanol–water partition coefficient (Wildman–Crippen LogP) is 3.81. The summed E-state index contributed by atoms with van der Waals surface area (Å²) in [5.41, 5.74) is 1.78. The predicted molar refractivity (Wildman–Crippen MR) is 105 cm³/mol. The largest absolute Gasteiger partial charge is 0.478 e. The molecule has 1 fully saturated rings. The number of nitrogens with zero attached hydrogens (tertiary/aromatic N) is 3. The molecule has 0 unspecified atom stereocenters. The first-order valence-corrected chi connectivity index (χ1v) is 9.31. The lowest BCUT2D eigenvalue weighted by atomic mass is 10.1. The van der Waals surface area contributed by atoms with Gasteiger partial charge in [0.05, 0.1) is 36.2 Å². The highest BCUT2D eigenvalue weighted by Gasteiger charge is 2.28. The van der Waals surface area contributed by atoms with E-state index in [-0.39, 0.29) is 11.6 Å². The van der Waals surface area contributed by atoms with E-state index in [2.05, 4.69) is 20.2 Å². The number of rotatable bonds is 6. The molecule has 4 rings (SSSR count). The van der Waals surface area contributed by atoms with Crippen molar-refractivity contribution in [1.29, 1.82) is 0 Å². The SMILES string of the molecule is CNc1cncc([C@H]2CCCN2Cc2ccc(-c3ccccc3C(=O)O)o2)n1. The molecule has 0 aliphatic carbocycles. The molecular weight excluding hydrogens is 356 g/mol. The average Bonchev–Trinajstić information content (AvgIpc) is 3.38. The van der Waals surface area contributed by atoms with Gasteiger partial charge >= 0.3 is 5.97 Å². The van der Waals surface area contributed by atoms with E-state index in [1.807, 2.05) is 31.4 Å². The van der Waals surface area contributed by atoms with Crippen LogP contribution in [0, 0.1) is 0 Å². The number of benzene rings is 1. The fraction of sp³-hybridized carbons (Fsp3) is 0.286. The molecule has 28 heavy (non-hydrogen) atoms. The quantitative estimate of drug-likeness (QED) is 0.674. The van der Waals surface area contributed by atoms with Gasteiger partial charge in [-0.15, -0.1) is 0 Å². The summed E-state index contributed by atoms with van der Waals surface area (Å²) in [7, 11) is 1.83. The minimum atomic E-state index is -0.962. The topological polar surface area (TPSA) is 91.5 Å². The Morgan fingerprint density at radius 1 is 1.29 bits per heavy atom. The Balaban J connectivity index is 1.54. The van der Waals surface area contributed by atoms with Gasteiger partial charge in [0.15, 0.2) is 0 Å². The highest BCUT2D eigenvalue weighted by Crippen LogP contribution is 2.33. The van der Waals surface area contributed by atoms with Crippen LogP contribution in [0.2, 0.25) is 0 Å². The summed E-state index contributed by atoms with van der Waals surface area (Å²) >= 11 is 0. The summed E-state index contributed by atoms with van der Waals surface area (Å²) in [4.78, 5) is 22.7. The van der Waals surface area contributed by atoms with E-state index in [0.717, 1.165) is 36.7 Å². The molecule has 144 valence electrons. The summed E-state index contributed by atoms with van der Waals surface area (Å²) in [6, 6.07) is 10.8. The second-order valence-corrected chi connectivity index (χ2v) is 6.82. The molecular formula is C21H22N4O3. The van der Waals surface area contributed by atoms with E-state index >= 15 is 0 Å². The van der Waals surface area contributed by atoms with Gasteiger partial charge in [-0.3, -0.25) is 9.88 Å². The van der Waals surface area contributed by atoms with Crippen molar-refractivity contribution in [3.8, 4) is 11.3 Å². The third-order valence-electron chi connectivity index (χ3n) is 5.06. The fourth-order valence-electron chi connectivity index (χ4n) is 3.70. The van der Waals surface area contributed by atoms with Gasteiger partial charge in [0, 0.05) is 12.6 Å². The van der Waals surface area contributed by atoms with Gasteiger partial charge in [0.2, 0.25) is 0 Å². The Morgan fingerprint density at radius 3 is 2.96 bits per heavy atom. The van der Waals surface area contributed by atoms with Crippen molar-refractivity contribution in [2.45, 2.75) is 25.4 Å². The maximum Gasteiger partial charge on any atom is 0.336 e. The zero-order chi connectivity index (χ0) is 19.5. The van der Waals surface area contributed by atoms with Crippen LogP contribution < -0.4 is 5.32 Å². The molecule has 3 heterocycles. The van der Waals surface area contributed by atoms with Crippen LogP contribution in [0.4, 0.5) is 5.82 Å². The molecule has 1 atom stereocenters. The molecule has 0 radical (unpaired) electrons. The first-order chi connectivity index (χ1) is 13.7. The number of hydrogen-bond donors (Lipinski definition) is 2. The second-order valence-electron chi connectivity index (χ2n) is 6.82. The number of nitrogens with one attached hydrogen (secondary N) is 1. The van der Waals surface area contributed by atoms with Crippen LogP contribution in [0.15, 0.2) is 53.2 Å². The Morgan fingerprint density at radius 2 is 2.14 bits per heavy atom. The third-order valence-corrected chi connectivity index (χ3v) is 5.06. The van der Waals surface area contributed by atoms with Crippen LogP contribution >= 0.6 is 0 Å². The lowest BCUT2D eigenvalue weighted by Crippen LogP contribution is -2.23. The van der Waals surface area contributed by atoms with E-state index in [4.69, 9.17) is 4.42 Å². The van der Waals surface area contributed by atoms with E-state index in [9.17, 15) is 9.90 Å². The van der Waals surface area contributed by atoms with E-state index in [1.54, 1.807) is 24.4 Å². The number of hydrogen-bond acceptors (Lipinski definition) is 6. The zero-order valence-electron chi connectivity index (χ0n) is 15.6. The van der Waals surface area contributed by atoms with E-state index < -0.39 is 5.97 Å². The summed E-state index contributed by atoms with van der Waals surface area (Å²) in [6.45, 7) is 1.60. The lowest BCUT2D eigenvalue weighted by molar-refractivity contribution is 0.0697. The number of carbonyl (C=O) groups is 1. The van der Waals surface area contributed by atoms with Crippen molar-refractivity contribution in [2.75, 3.05) is 18.9 Å². The molecule has 0 bridgehead atoms. The Hall–Kier alpha value is -3.19. The summed E-state index contributed by atoms with van der Waals surface area (Å²) in [6.07, 6.45) is 5.64. The van der Waals surface area contributed by atoms with Crippen LogP contribution in [0.3, 0.4) is 0 Å². The zero-order valence-corrected chi connectivity index (χ0v) is 15.6. The number of carboxylic acid groups (broad SMARTS) is 1. The van der Waals surface area contributed by atoms with Crippen molar-refractivity contribution in [3.63, 3.8) is 0 Å². The molecule has 1 aromatic carbocycles. The highest BCUT2D eigenvalue weighted by molar-refractivity contribution is 5.95. The van der Waals surface area contributed by atoms with Gasteiger partial charge in [0.1, 0.15) is 17.3 Å². The van der Waals surface area contributed by atoms with Crippen LogP contribution in [0.5, 0.6) is 0 Å². The summed E-state index contributed by atoms with van der Waals surface area (Å²) in [5.74, 6) is 1.17. The third kappa shape index (κ3) is 3.61. The standard InChI is InChI=1S/C21H22N4O3/c1-22-20-12-23-11-17(24-20)18-7-4-10-25(18)13-14-8-9-19(28-14)15-5-2-3-6-16(15)21(26)27/h2-3,5-6,8-9,11-12,18H,4,7,10,13H2,1H3,(H,22,24)(H,26,27)/t18-/m1/s1. The van der Waals surface area contributed by atoms with Crippen molar-refractivity contribution in [2.24, 2.45) is 0 Å². The smallest absolute Gasteiger partial charge is 0.336 e. The first kappa shape index (κ1) is 18.2. The van der Waals surface area contributed by atoms with Crippen molar-refractivity contribution < 1.29 is 14.3 Å². The summed E-state index contributed by atoms with van der Waals surface area (Å²) in [5, 5.41) is 12.4. The normalized spacial score (nSPS) is 17.0. The molecule has 1 aliphatic rings. The fourth-order valence-corrected chi connectivity index (χ4v) is 3.70. The van der Waals surface area contributed by atoms with Crippen LogP contribution in [-0.2, 0) is 6.54 Å². The van der Waals surface area contributed by atoms with Crippen LogP contribution in [-0.4, -0.2) is 39.5 Å². The van der Waals surface area contributed by atoms with Crippen molar-refractivity contribution in [3.05, 3.63) is 65.8 Å². The molecule has 0 amide bonds. The Labute approximate surface area is 163 Å². The monoisotopic (exact) mass is 378 g/mol. The number of aromatic nitrogens is 2. The summed E-state index contributed by atoms with van der Waals surface area (Å²) < 4.78 is 6.00. The minimum Gasteiger partial charge on any atom is -0.478 e. The number of furan rings is 1. The van der Waals surface area contributed by atoms with Gasteiger partial charge in [0.25, 0.3) is 0 Å². The van der Waals surface area contributed by atoms with Gasteiger partial charge in [-0.25, -0.2) is 9.78 Å². The number of anilines is 1. The number of likely N-dealkylation sites (tertiary alicyclic amines) is 1. The van der Waals surface area contributed by atoms with E-state index in [0.29, 0.717) is 17.9 Å². The molecule has 2 aromatic heterocycles. The molecule has 7 heteroatoms. The highest BCUT2D eigenvalue weighted by atomic mass is 16.4. The maximum absolute atomic E-state index is 11.5. The van der Waals surface area contributed by atoms with Crippen molar-refractivity contribution >= 4 is 11.8 Å².